The average Bonchev–Trinajstić information content (AvgIpc) is 2.98. The van der Waals surface area contributed by atoms with Crippen LogP contribution in [0.15, 0.2) is 35.5 Å². The Bertz CT molecular complexity index is 802. The lowest BCUT2D eigenvalue weighted by molar-refractivity contribution is -0.137. The lowest BCUT2D eigenvalue weighted by atomic mass is 9.44. The highest BCUT2D eigenvalue weighted by molar-refractivity contribution is 5.66. The maximum atomic E-state index is 11.5. The second kappa shape index (κ2) is 9.15. The van der Waals surface area contributed by atoms with Gasteiger partial charge in [0.25, 0.3) is 0 Å². The minimum Gasteiger partial charge on any atom is -0.481 e. The molecule has 3 aliphatic rings. The number of aliphatic carboxylic acids is 1. The zero-order valence-electron chi connectivity index (χ0n) is 21.9. The molecule has 2 saturated carbocycles. The van der Waals surface area contributed by atoms with Gasteiger partial charge in [-0.1, -0.05) is 70.1 Å². The summed E-state index contributed by atoms with van der Waals surface area (Å²) in [6.07, 6.45) is 14.6. The molecule has 0 aliphatic heterocycles. The summed E-state index contributed by atoms with van der Waals surface area (Å²) in [6.45, 7) is 21.0. The highest BCUT2D eigenvalue weighted by Crippen LogP contribution is 2.71. The minimum atomic E-state index is -0.677. The summed E-state index contributed by atoms with van der Waals surface area (Å²) >= 11 is 0. The summed E-state index contributed by atoms with van der Waals surface area (Å²) in [5.74, 6) is 1.72. The van der Waals surface area contributed by atoms with Gasteiger partial charge in [0.05, 0.1) is 0 Å². The van der Waals surface area contributed by atoms with Crippen molar-refractivity contribution in [1.82, 2.24) is 0 Å². The first-order chi connectivity index (χ1) is 14.9. The van der Waals surface area contributed by atoms with E-state index in [1.165, 1.54) is 37.7 Å². The molecular weight excluding hydrogens is 392 g/mol. The summed E-state index contributed by atoms with van der Waals surface area (Å²) < 4.78 is 0. The van der Waals surface area contributed by atoms with Crippen molar-refractivity contribution in [2.24, 2.45) is 39.9 Å². The predicted molar refractivity (Wildman–Crippen MR) is 135 cm³/mol. The molecule has 2 heteroatoms. The van der Waals surface area contributed by atoms with Crippen LogP contribution >= 0.6 is 0 Å². The average molecular weight is 441 g/mol. The Morgan fingerprint density at radius 2 is 1.84 bits per heavy atom. The third-order valence-electron chi connectivity index (χ3n) is 10.3. The lowest BCUT2D eigenvalue weighted by Gasteiger charge is -2.60. The molecular formula is C30H48O2. The van der Waals surface area contributed by atoms with Crippen molar-refractivity contribution in [2.45, 2.75) is 106 Å². The van der Waals surface area contributed by atoms with Crippen LogP contribution in [-0.4, -0.2) is 11.1 Å². The number of carboxylic acid groups (broad SMARTS) is 1. The predicted octanol–water partition coefficient (Wildman–Crippen LogP) is 8.60. The van der Waals surface area contributed by atoms with E-state index in [1.807, 2.05) is 0 Å². The van der Waals surface area contributed by atoms with E-state index < -0.39 is 5.97 Å². The van der Waals surface area contributed by atoms with E-state index >= 15 is 0 Å². The smallest absolute Gasteiger partial charge is 0.303 e. The van der Waals surface area contributed by atoms with Crippen LogP contribution in [0.3, 0.4) is 0 Å². The monoisotopic (exact) mass is 440 g/mol. The summed E-state index contributed by atoms with van der Waals surface area (Å²) in [5, 5.41) is 9.47. The summed E-state index contributed by atoms with van der Waals surface area (Å²) in [5.41, 5.74) is 4.92. The SMILES string of the molecule is C=C(C)[C@@H]1CC[C@@H]2C(=CC[C@]3(C)[C@@H](/C(C)=C\CCC(C)C)CC[C@@]23C)[C@@]1(C)CCC(=O)O. The Morgan fingerprint density at radius 1 is 1.16 bits per heavy atom. The molecule has 0 unspecified atom stereocenters. The molecule has 0 saturated heterocycles. The Balaban J connectivity index is 1.95. The van der Waals surface area contributed by atoms with Crippen LogP contribution in [0.4, 0.5) is 0 Å². The van der Waals surface area contributed by atoms with Crippen molar-refractivity contribution in [2.75, 3.05) is 0 Å². The van der Waals surface area contributed by atoms with Crippen LogP contribution in [0.1, 0.15) is 106 Å². The molecule has 6 atom stereocenters. The van der Waals surface area contributed by atoms with Gasteiger partial charge in [-0.2, -0.15) is 0 Å². The van der Waals surface area contributed by atoms with Crippen molar-refractivity contribution < 1.29 is 9.90 Å². The van der Waals surface area contributed by atoms with Gasteiger partial charge in [0.1, 0.15) is 0 Å². The van der Waals surface area contributed by atoms with E-state index in [4.69, 9.17) is 0 Å². The largest absolute Gasteiger partial charge is 0.481 e. The molecule has 2 fully saturated rings. The fourth-order valence-corrected chi connectivity index (χ4v) is 8.15. The topological polar surface area (TPSA) is 37.3 Å². The lowest BCUT2D eigenvalue weighted by Crippen LogP contribution is -2.51. The number of allylic oxidation sites excluding steroid dienone is 5. The maximum absolute atomic E-state index is 11.5. The molecule has 3 aliphatic carbocycles. The van der Waals surface area contributed by atoms with Crippen LogP contribution in [0, 0.1) is 39.9 Å². The number of carboxylic acids is 1. The first-order valence-corrected chi connectivity index (χ1v) is 13.1. The van der Waals surface area contributed by atoms with E-state index in [2.05, 4.69) is 67.2 Å². The van der Waals surface area contributed by atoms with Gasteiger partial charge in [0.15, 0.2) is 0 Å². The second-order valence-electron chi connectivity index (χ2n) is 12.5. The van der Waals surface area contributed by atoms with E-state index in [0.717, 1.165) is 25.2 Å². The van der Waals surface area contributed by atoms with Gasteiger partial charge in [-0.25, -0.2) is 0 Å². The van der Waals surface area contributed by atoms with Crippen molar-refractivity contribution in [3.8, 4) is 0 Å². The molecule has 2 nitrogen and oxygen atoms in total. The molecule has 0 aromatic carbocycles. The quantitative estimate of drug-likeness (QED) is 0.384. The maximum Gasteiger partial charge on any atom is 0.303 e. The molecule has 1 N–H and O–H groups in total. The van der Waals surface area contributed by atoms with E-state index in [0.29, 0.717) is 28.6 Å². The first kappa shape index (κ1) is 25.3. The molecule has 0 heterocycles. The summed E-state index contributed by atoms with van der Waals surface area (Å²) in [7, 11) is 0. The van der Waals surface area contributed by atoms with Crippen LogP contribution in [0.25, 0.3) is 0 Å². The van der Waals surface area contributed by atoms with Crippen LogP contribution in [-0.2, 0) is 4.79 Å². The normalized spacial score (nSPS) is 39.4. The van der Waals surface area contributed by atoms with Crippen LogP contribution in [0.2, 0.25) is 0 Å². The molecule has 3 rings (SSSR count). The van der Waals surface area contributed by atoms with E-state index in [-0.39, 0.29) is 11.8 Å². The Kier molecular flexibility index (Phi) is 7.24. The number of hydrogen-bond acceptors (Lipinski definition) is 1. The molecule has 180 valence electrons. The van der Waals surface area contributed by atoms with E-state index in [1.54, 1.807) is 11.1 Å². The zero-order valence-corrected chi connectivity index (χ0v) is 21.9. The Morgan fingerprint density at radius 3 is 2.44 bits per heavy atom. The zero-order chi connectivity index (χ0) is 23.9. The fourth-order valence-electron chi connectivity index (χ4n) is 8.15. The van der Waals surface area contributed by atoms with Gasteiger partial charge >= 0.3 is 5.97 Å². The van der Waals surface area contributed by atoms with Gasteiger partial charge in [0, 0.05) is 6.42 Å². The molecule has 0 spiro atoms. The van der Waals surface area contributed by atoms with Crippen LogP contribution in [0.5, 0.6) is 0 Å². The second-order valence-corrected chi connectivity index (χ2v) is 12.5. The number of hydrogen-bond donors (Lipinski definition) is 1. The number of rotatable bonds is 8. The highest BCUT2D eigenvalue weighted by atomic mass is 16.4. The van der Waals surface area contributed by atoms with Crippen molar-refractivity contribution in [1.29, 1.82) is 0 Å². The third kappa shape index (κ3) is 4.16. The summed E-state index contributed by atoms with van der Waals surface area (Å²) in [4.78, 5) is 11.5. The van der Waals surface area contributed by atoms with Crippen molar-refractivity contribution in [3.63, 3.8) is 0 Å². The molecule has 0 bridgehead atoms. The molecule has 0 aromatic rings. The van der Waals surface area contributed by atoms with Gasteiger partial charge in [-0.05, 0) is 105 Å². The third-order valence-corrected chi connectivity index (χ3v) is 10.3. The Labute approximate surface area is 197 Å². The fraction of sp³-hybridized carbons (Fsp3) is 0.767. The number of fused-ring (bicyclic) bond motifs is 3. The van der Waals surface area contributed by atoms with Crippen LogP contribution < -0.4 is 0 Å². The minimum absolute atomic E-state index is 0.0717. The van der Waals surface area contributed by atoms with Gasteiger partial charge in [0.2, 0.25) is 0 Å². The highest BCUT2D eigenvalue weighted by Gasteiger charge is 2.62. The number of carbonyl (C=O) groups is 1. The standard InChI is InChI=1S/C30H48O2/c1-20(2)10-9-11-22(5)24-14-18-30(8)26-13-12-23(21(3)4)28(6,17-16-27(31)32)25(26)15-19-29(24,30)7/h11,15,20,23-24,26H,3,9-10,12-14,16-19H2,1-2,4-8H3,(H,31,32)/b22-11-/t23-,24+,26+,28-,29+,30-/m0/s1. The molecule has 0 amide bonds. The molecule has 32 heavy (non-hydrogen) atoms. The Hall–Kier alpha value is -1.31. The van der Waals surface area contributed by atoms with E-state index in [9.17, 15) is 9.90 Å². The van der Waals surface area contributed by atoms with Crippen molar-refractivity contribution in [3.05, 3.63) is 35.5 Å². The molecule has 0 aromatic heterocycles. The van der Waals surface area contributed by atoms with Gasteiger partial charge < -0.3 is 5.11 Å². The van der Waals surface area contributed by atoms with Gasteiger partial charge in [-0.3, -0.25) is 4.79 Å². The van der Waals surface area contributed by atoms with Gasteiger partial charge in [-0.15, -0.1) is 0 Å². The first-order valence-electron chi connectivity index (χ1n) is 13.1. The van der Waals surface area contributed by atoms with Crippen molar-refractivity contribution >= 4 is 5.97 Å². The summed E-state index contributed by atoms with van der Waals surface area (Å²) in [6, 6.07) is 0. The molecule has 0 radical (unpaired) electrons.